The van der Waals surface area contributed by atoms with Crippen molar-refractivity contribution in [2.75, 3.05) is 20.3 Å². The third-order valence-corrected chi connectivity index (χ3v) is 4.20. The fourth-order valence-electron chi connectivity index (χ4n) is 2.93. The van der Waals surface area contributed by atoms with Crippen LogP contribution in [-0.4, -0.2) is 53.6 Å². The lowest BCUT2D eigenvalue weighted by molar-refractivity contribution is -0.144. The Morgan fingerprint density at radius 2 is 1.89 bits per heavy atom. The molecule has 3 amide bonds. The van der Waals surface area contributed by atoms with E-state index in [1.54, 1.807) is 17.7 Å². The lowest BCUT2D eigenvalue weighted by atomic mass is 10.1. The molecule has 1 aromatic heterocycles. The van der Waals surface area contributed by atoms with Gasteiger partial charge < -0.3 is 19.4 Å². The SMILES string of the molecule is CCOC(=O)Cn1cc(/C=C2/NC(=O)N(CC(=O)OC)C2=O)c2ccccc21. The molecule has 1 aromatic carbocycles. The van der Waals surface area contributed by atoms with Crippen LogP contribution in [0.15, 0.2) is 36.2 Å². The first-order valence-corrected chi connectivity index (χ1v) is 8.59. The molecule has 0 aliphatic carbocycles. The van der Waals surface area contributed by atoms with Gasteiger partial charge in [-0.25, -0.2) is 9.69 Å². The summed E-state index contributed by atoms with van der Waals surface area (Å²) < 4.78 is 11.2. The van der Waals surface area contributed by atoms with E-state index in [2.05, 4.69) is 10.1 Å². The number of esters is 2. The van der Waals surface area contributed by atoms with Crippen molar-refractivity contribution in [3.05, 3.63) is 41.7 Å². The molecule has 1 aliphatic rings. The number of nitrogens with one attached hydrogen (secondary N) is 1. The molecule has 146 valence electrons. The molecule has 1 fully saturated rings. The average Bonchev–Trinajstić information content (AvgIpc) is 3.14. The minimum atomic E-state index is -0.698. The van der Waals surface area contributed by atoms with Gasteiger partial charge in [-0.05, 0) is 19.1 Å². The maximum absolute atomic E-state index is 12.5. The van der Waals surface area contributed by atoms with E-state index in [9.17, 15) is 19.2 Å². The molecule has 0 spiro atoms. The summed E-state index contributed by atoms with van der Waals surface area (Å²) in [6.45, 7) is 1.57. The summed E-state index contributed by atoms with van der Waals surface area (Å²) in [6.07, 6.45) is 3.22. The number of ether oxygens (including phenoxy) is 2. The van der Waals surface area contributed by atoms with Gasteiger partial charge in [0.05, 0.1) is 13.7 Å². The van der Waals surface area contributed by atoms with E-state index in [1.165, 1.54) is 13.2 Å². The summed E-state index contributed by atoms with van der Waals surface area (Å²) in [5, 5.41) is 3.26. The van der Waals surface area contributed by atoms with Crippen LogP contribution in [0.5, 0.6) is 0 Å². The van der Waals surface area contributed by atoms with Gasteiger partial charge in [-0.3, -0.25) is 14.4 Å². The molecule has 0 bridgehead atoms. The second-order valence-electron chi connectivity index (χ2n) is 5.99. The number of benzene rings is 1. The molecule has 2 aromatic rings. The first kappa shape index (κ1) is 19.2. The van der Waals surface area contributed by atoms with Crippen LogP contribution in [0.25, 0.3) is 17.0 Å². The van der Waals surface area contributed by atoms with Crippen molar-refractivity contribution >= 4 is 40.9 Å². The topological polar surface area (TPSA) is 107 Å². The summed E-state index contributed by atoms with van der Waals surface area (Å²) >= 11 is 0. The van der Waals surface area contributed by atoms with Crippen molar-refractivity contribution in [3.63, 3.8) is 0 Å². The molecular weight excluding hydrogens is 366 g/mol. The van der Waals surface area contributed by atoms with Gasteiger partial charge in [0.15, 0.2) is 0 Å². The Hall–Kier alpha value is -3.62. The number of urea groups is 1. The Kier molecular flexibility index (Phi) is 5.44. The molecule has 2 heterocycles. The predicted molar refractivity (Wildman–Crippen MR) is 98.8 cm³/mol. The Morgan fingerprint density at radius 1 is 1.14 bits per heavy atom. The average molecular weight is 385 g/mol. The normalized spacial score (nSPS) is 15.2. The maximum atomic E-state index is 12.5. The lowest BCUT2D eigenvalue weighted by Crippen LogP contribution is -2.36. The van der Waals surface area contributed by atoms with Crippen LogP contribution < -0.4 is 5.32 Å². The minimum Gasteiger partial charge on any atom is -0.468 e. The highest BCUT2D eigenvalue weighted by Crippen LogP contribution is 2.24. The minimum absolute atomic E-state index is 0.0201. The van der Waals surface area contributed by atoms with Crippen molar-refractivity contribution in [2.24, 2.45) is 0 Å². The monoisotopic (exact) mass is 385 g/mol. The second kappa shape index (κ2) is 7.95. The highest BCUT2D eigenvalue weighted by atomic mass is 16.5. The van der Waals surface area contributed by atoms with Gasteiger partial charge in [0.1, 0.15) is 18.8 Å². The number of carbonyl (C=O) groups excluding carboxylic acids is 4. The molecule has 0 saturated carbocycles. The van der Waals surface area contributed by atoms with Gasteiger partial charge in [-0.15, -0.1) is 0 Å². The Morgan fingerprint density at radius 3 is 2.61 bits per heavy atom. The molecule has 9 heteroatoms. The standard InChI is InChI=1S/C19H19N3O6/c1-3-28-17(24)10-21-9-12(13-6-4-5-7-15(13)21)8-14-18(25)22(19(26)20-14)11-16(23)27-2/h4-9H,3,10-11H2,1-2H3,(H,20,26)/b14-8+. The summed E-state index contributed by atoms with van der Waals surface area (Å²) in [5.74, 6) is -1.70. The van der Waals surface area contributed by atoms with Crippen LogP contribution in [0.4, 0.5) is 4.79 Å². The maximum Gasteiger partial charge on any atom is 0.329 e. The van der Waals surface area contributed by atoms with Gasteiger partial charge >= 0.3 is 18.0 Å². The molecule has 1 aliphatic heterocycles. The van der Waals surface area contributed by atoms with Gasteiger partial charge in [0, 0.05) is 22.7 Å². The quantitative estimate of drug-likeness (QED) is 0.456. The van der Waals surface area contributed by atoms with Crippen LogP contribution in [0.2, 0.25) is 0 Å². The number of imide groups is 1. The number of para-hydroxylation sites is 1. The number of carbonyl (C=O) groups is 4. The number of methoxy groups -OCH3 is 1. The molecular formula is C19H19N3O6. The van der Waals surface area contributed by atoms with Crippen molar-refractivity contribution in [2.45, 2.75) is 13.5 Å². The number of aromatic nitrogens is 1. The van der Waals surface area contributed by atoms with Gasteiger partial charge in [-0.2, -0.15) is 0 Å². The predicted octanol–water partition coefficient (Wildman–Crippen LogP) is 1.27. The van der Waals surface area contributed by atoms with Crippen molar-refractivity contribution in [1.82, 2.24) is 14.8 Å². The second-order valence-corrected chi connectivity index (χ2v) is 5.99. The largest absolute Gasteiger partial charge is 0.468 e. The third kappa shape index (κ3) is 3.73. The third-order valence-electron chi connectivity index (χ3n) is 4.20. The van der Waals surface area contributed by atoms with E-state index in [1.807, 2.05) is 24.3 Å². The number of fused-ring (bicyclic) bond motifs is 1. The van der Waals surface area contributed by atoms with E-state index in [0.717, 1.165) is 15.8 Å². The first-order chi connectivity index (χ1) is 13.4. The summed E-state index contributed by atoms with van der Waals surface area (Å²) in [4.78, 5) is 48.5. The number of hydrogen-bond donors (Lipinski definition) is 1. The molecule has 1 N–H and O–H groups in total. The Bertz CT molecular complexity index is 991. The summed E-state index contributed by atoms with van der Waals surface area (Å²) in [5.41, 5.74) is 1.46. The number of hydrogen-bond acceptors (Lipinski definition) is 6. The van der Waals surface area contributed by atoms with E-state index < -0.39 is 24.5 Å². The van der Waals surface area contributed by atoms with Crippen molar-refractivity contribution in [3.8, 4) is 0 Å². The van der Waals surface area contributed by atoms with E-state index in [-0.39, 0.29) is 24.8 Å². The van der Waals surface area contributed by atoms with Crippen LogP contribution in [0.1, 0.15) is 12.5 Å². The zero-order valence-electron chi connectivity index (χ0n) is 15.4. The zero-order valence-corrected chi connectivity index (χ0v) is 15.4. The molecule has 9 nitrogen and oxygen atoms in total. The van der Waals surface area contributed by atoms with E-state index in [4.69, 9.17) is 4.74 Å². The highest BCUT2D eigenvalue weighted by molar-refractivity contribution is 6.15. The number of rotatable bonds is 6. The summed E-state index contributed by atoms with van der Waals surface area (Å²) in [7, 11) is 1.18. The fourth-order valence-corrected chi connectivity index (χ4v) is 2.93. The number of nitrogens with zero attached hydrogens (tertiary/aromatic N) is 2. The first-order valence-electron chi connectivity index (χ1n) is 8.59. The van der Waals surface area contributed by atoms with Crippen LogP contribution >= 0.6 is 0 Å². The van der Waals surface area contributed by atoms with Gasteiger partial charge in [0.25, 0.3) is 5.91 Å². The highest BCUT2D eigenvalue weighted by Gasteiger charge is 2.35. The van der Waals surface area contributed by atoms with Crippen LogP contribution in [-0.2, 0) is 30.4 Å². The van der Waals surface area contributed by atoms with Crippen LogP contribution in [0, 0.1) is 0 Å². The van der Waals surface area contributed by atoms with Crippen LogP contribution in [0.3, 0.4) is 0 Å². The zero-order chi connectivity index (χ0) is 20.3. The van der Waals surface area contributed by atoms with Gasteiger partial charge in [-0.1, -0.05) is 18.2 Å². The number of amides is 3. The van der Waals surface area contributed by atoms with Crippen molar-refractivity contribution < 1.29 is 28.7 Å². The summed E-state index contributed by atoms with van der Waals surface area (Å²) in [6, 6.07) is 6.66. The molecule has 0 unspecified atom stereocenters. The molecule has 1 saturated heterocycles. The molecule has 3 rings (SSSR count). The van der Waals surface area contributed by atoms with E-state index in [0.29, 0.717) is 5.56 Å². The fraction of sp³-hybridized carbons (Fsp3) is 0.263. The van der Waals surface area contributed by atoms with Crippen molar-refractivity contribution in [1.29, 1.82) is 0 Å². The molecule has 0 atom stereocenters. The smallest absolute Gasteiger partial charge is 0.329 e. The Labute approximate surface area is 160 Å². The molecule has 0 radical (unpaired) electrons. The lowest BCUT2D eigenvalue weighted by Gasteiger charge is -2.08. The molecule has 28 heavy (non-hydrogen) atoms. The van der Waals surface area contributed by atoms with Gasteiger partial charge in [0.2, 0.25) is 0 Å². The Balaban J connectivity index is 1.94. The van der Waals surface area contributed by atoms with E-state index >= 15 is 0 Å².